The van der Waals surface area contributed by atoms with Gasteiger partial charge in [0.1, 0.15) is 5.82 Å². The maximum Gasteiger partial charge on any atom is 0.330 e. The van der Waals surface area contributed by atoms with Crippen LogP contribution < -0.4 is 17.0 Å². The molecular formula is C25H17Cl2N5O3. The molecule has 5 rings (SSSR count). The fraction of sp³-hybridized carbons (Fsp3) is 0.0400. The summed E-state index contributed by atoms with van der Waals surface area (Å²) in [4.78, 5) is 44.5. The highest BCUT2D eigenvalue weighted by molar-refractivity contribution is 6.33. The lowest BCUT2D eigenvalue weighted by Crippen LogP contribution is -2.31. The van der Waals surface area contributed by atoms with E-state index in [1.807, 2.05) is 6.07 Å². The number of hydrogen-bond donors (Lipinski definition) is 2. The molecule has 0 aliphatic carbocycles. The zero-order valence-corrected chi connectivity index (χ0v) is 19.5. The summed E-state index contributed by atoms with van der Waals surface area (Å²) in [7, 11) is 0. The summed E-state index contributed by atoms with van der Waals surface area (Å²) in [6.45, 7) is 0.102. The number of carbonyl (C=O) groups is 1. The molecule has 2 aromatic heterocycles. The van der Waals surface area contributed by atoms with E-state index in [0.29, 0.717) is 38.2 Å². The van der Waals surface area contributed by atoms with Crippen molar-refractivity contribution in [2.45, 2.75) is 6.54 Å². The third kappa shape index (κ3) is 4.14. The minimum absolute atomic E-state index is 0.102. The first-order chi connectivity index (χ1) is 16.8. The van der Waals surface area contributed by atoms with Gasteiger partial charge in [0.25, 0.3) is 5.56 Å². The molecule has 0 saturated heterocycles. The van der Waals surface area contributed by atoms with Crippen molar-refractivity contribution in [1.29, 1.82) is 0 Å². The highest BCUT2D eigenvalue weighted by atomic mass is 35.5. The fourth-order valence-electron chi connectivity index (χ4n) is 3.89. The van der Waals surface area contributed by atoms with E-state index in [1.165, 1.54) is 4.57 Å². The van der Waals surface area contributed by atoms with Gasteiger partial charge in [-0.3, -0.25) is 23.7 Å². The van der Waals surface area contributed by atoms with Gasteiger partial charge in [0.15, 0.2) is 11.2 Å². The van der Waals surface area contributed by atoms with Crippen LogP contribution in [0.4, 0.5) is 0 Å². The summed E-state index contributed by atoms with van der Waals surface area (Å²) in [5.74, 6) is -0.159. The Bertz CT molecular complexity index is 1700. The summed E-state index contributed by atoms with van der Waals surface area (Å²) in [6, 6.07) is 20.5. The van der Waals surface area contributed by atoms with Crippen LogP contribution in [0, 0.1) is 0 Å². The molecule has 10 heteroatoms. The average Bonchev–Trinajstić information content (AvgIpc) is 3.23. The van der Waals surface area contributed by atoms with Crippen molar-refractivity contribution in [3.8, 4) is 17.1 Å². The standard InChI is InChI=1S/C25H17Cl2N5O3/c26-16-9-11-17(12-10-16)32-20-23(29-22(32)18-3-1-2-4-19(18)27)31(25(35)30-24(20)34)13-14-5-7-15(8-6-14)21(28)33/h1-12H,13H2,(H2,28,33)(H,30,34,35). The Kier molecular flexibility index (Phi) is 5.76. The number of fused-ring (bicyclic) bond motifs is 1. The predicted octanol–water partition coefficient (Wildman–Crippen LogP) is 4.00. The van der Waals surface area contributed by atoms with E-state index in [9.17, 15) is 14.4 Å². The average molecular weight is 506 g/mol. The second-order valence-electron chi connectivity index (χ2n) is 7.81. The molecule has 1 amide bonds. The smallest absolute Gasteiger partial charge is 0.330 e. The van der Waals surface area contributed by atoms with Crippen molar-refractivity contribution < 1.29 is 4.79 Å². The number of H-pyrrole nitrogens is 1. The van der Waals surface area contributed by atoms with Gasteiger partial charge in [0.05, 0.1) is 11.6 Å². The zero-order chi connectivity index (χ0) is 24.7. The van der Waals surface area contributed by atoms with Gasteiger partial charge in [-0.25, -0.2) is 9.78 Å². The van der Waals surface area contributed by atoms with Crippen molar-refractivity contribution in [3.05, 3.63) is 115 Å². The summed E-state index contributed by atoms with van der Waals surface area (Å²) >= 11 is 12.6. The first kappa shape index (κ1) is 22.6. The van der Waals surface area contributed by atoms with Crippen LogP contribution in [0.1, 0.15) is 15.9 Å². The molecule has 0 bridgehead atoms. The lowest BCUT2D eigenvalue weighted by molar-refractivity contribution is 0.100. The van der Waals surface area contributed by atoms with Gasteiger partial charge in [0, 0.05) is 21.8 Å². The quantitative estimate of drug-likeness (QED) is 0.375. The molecule has 3 aromatic carbocycles. The number of nitrogens with one attached hydrogen (secondary N) is 1. The summed E-state index contributed by atoms with van der Waals surface area (Å²) in [6.07, 6.45) is 0. The maximum atomic E-state index is 13.1. The van der Waals surface area contributed by atoms with E-state index in [-0.39, 0.29) is 17.7 Å². The molecule has 35 heavy (non-hydrogen) atoms. The lowest BCUT2D eigenvalue weighted by Gasteiger charge is -2.10. The monoisotopic (exact) mass is 505 g/mol. The van der Waals surface area contributed by atoms with Crippen LogP contribution in [-0.4, -0.2) is 25.0 Å². The molecule has 5 aromatic rings. The first-order valence-electron chi connectivity index (χ1n) is 10.5. The summed E-state index contributed by atoms with van der Waals surface area (Å²) in [5, 5.41) is 0.966. The maximum absolute atomic E-state index is 13.1. The van der Waals surface area contributed by atoms with E-state index in [0.717, 1.165) is 0 Å². The summed E-state index contributed by atoms with van der Waals surface area (Å²) in [5.41, 5.74) is 6.74. The van der Waals surface area contributed by atoms with Crippen LogP contribution in [0.3, 0.4) is 0 Å². The van der Waals surface area contributed by atoms with Crippen LogP contribution in [0.2, 0.25) is 10.0 Å². The molecule has 0 aliphatic rings. The summed E-state index contributed by atoms with van der Waals surface area (Å²) < 4.78 is 3.01. The van der Waals surface area contributed by atoms with Gasteiger partial charge in [-0.15, -0.1) is 0 Å². The second kappa shape index (κ2) is 8.90. The van der Waals surface area contributed by atoms with Gasteiger partial charge in [-0.05, 0) is 54.1 Å². The molecule has 0 saturated carbocycles. The molecule has 8 nitrogen and oxygen atoms in total. The molecule has 0 atom stereocenters. The number of aromatic nitrogens is 4. The van der Waals surface area contributed by atoms with Gasteiger partial charge in [0.2, 0.25) is 5.91 Å². The Morgan fingerprint density at radius 2 is 1.63 bits per heavy atom. The third-order valence-corrected chi connectivity index (χ3v) is 6.16. The number of hydrogen-bond acceptors (Lipinski definition) is 4. The molecule has 0 radical (unpaired) electrons. The number of aromatic amines is 1. The van der Waals surface area contributed by atoms with Gasteiger partial charge >= 0.3 is 5.69 Å². The fourth-order valence-corrected chi connectivity index (χ4v) is 4.24. The molecular weight excluding hydrogens is 489 g/mol. The molecule has 3 N–H and O–H groups in total. The number of nitrogens with zero attached hydrogens (tertiary/aromatic N) is 3. The highest BCUT2D eigenvalue weighted by Crippen LogP contribution is 2.31. The van der Waals surface area contributed by atoms with Crippen LogP contribution >= 0.6 is 23.2 Å². The van der Waals surface area contributed by atoms with Crippen LogP contribution in [0.5, 0.6) is 0 Å². The van der Waals surface area contributed by atoms with Crippen molar-refractivity contribution in [3.63, 3.8) is 0 Å². The van der Waals surface area contributed by atoms with Gasteiger partial charge in [-0.2, -0.15) is 0 Å². The van der Waals surface area contributed by atoms with Gasteiger partial charge in [-0.1, -0.05) is 47.5 Å². The molecule has 0 aliphatic heterocycles. The van der Waals surface area contributed by atoms with Crippen LogP contribution in [-0.2, 0) is 6.54 Å². The van der Waals surface area contributed by atoms with Crippen molar-refractivity contribution in [2.75, 3.05) is 0 Å². The SMILES string of the molecule is NC(=O)c1ccc(Cn2c(=O)[nH]c(=O)c3c2nc(-c2ccccc2Cl)n3-c2ccc(Cl)cc2)cc1. The van der Waals surface area contributed by atoms with E-state index in [4.69, 9.17) is 33.9 Å². The number of amides is 1. The number of benzene rings is 3. The Hall–Kier alpha value is -4.14. The number of rotatable bonds is 5. The normalized spacial score (nSPS) is 11.1. The molecule has 0 unspecified atom stereocenters. The Balaban J connectivity index is 1.79. The largest absolute Gasteiger partial charge is 0.366 e. The van der Waals surface area contributed by atoms with E-state index in [1.54, 1.807) is 71.3 Å². The number of imidazole rings is 1. The van der Waals surface area contributed by atoms with Crippen molar-refractivity contribution >= 4 is 40.3 Å². The minimum atomic E-state index is -0.618. The molecule has 174 valence electrons. The molecule has 2 heterocycles. The Morgan fingerprint density at radius 1 is 0.943 bits per heavy atom. The predicted molar refractivity (Wildman–Crippen MR) is 135 cm³/mol. The Morgan fingerprint density at radius 3 is 2.29 bits per heavy atom. The number of nitrogens with two attached hydrogens (primary N) is 1. The zero-order valence-electron chi connectivity index (χ0n) is 18.0. The number of primary amides is 1. The van der Waals surface area contributed by atoms with Crippen molar-refractivity contribution in [2.24, 2.45) is 5.73 Å². The highest BCUT2D eigenvalue weighted by Gasteiger charge is 2.22. The minimum Gasteiger partial charge on any atom is -0.366 e. The third-order valence-electron chi connectivity index (χ3n) is 5.57. The van der Waals surface area contributed by atoms with E-state index in [2.05, 4.69) is 4.98 Å². The number of halogens is 2. The first-order valence-corrected chi connectivity index (χ1v) is 11.2. The van der Waals surface area contributed by atoms with Crippen LogP contribution in [0.25, 0.3) is 28.2 Å². The van der Waals surface area contributed by atoms with Crippen LogP contribution in [0.15, 0.2) is 82.4 Å². The van der Waals surface area contributed by atoms with Gasteiger partial charge < -0.3 is 5.73 Å². The molecule has 0 spiro atoms. The molecule has 0 fully saturated rings. The Labute approximate surface area is 208 Å². The van der Waals surface area contributed by atoms with E-state index >= 15 is 0 Å². The number of carbonyl (C=O) groups excluding carboxylic acids is 1. The van der Waals surface area contributed by atoms with E-state index < -0.39 is 17.2 Å². The topological polar surface area (TPSA) is 116 Å². The van der Waals surface area contributed by atoms with Crippen molar-refractivity contribution in [1.82, 2.24) is 19.1 Å². The second-order valence-corrected chi connectivity index (χ2v) is 8.65. The lowest BCUT2D eigenvalue weighted by atomic mass is 10.1.